The molecule has 0 saturated carbocycles. The summed E-state index contributed by atoms with van der Waals surface area (Å²) in [7, 11) is 1.62. The smallest absolute Gasteiger partial charge is 0.264 e. The van der Waals surface area contributed by atoms with Gasteiger partial charge in [-0.1, -0.05) is 47.5 Å². The van der Waals surface area contributed by atoms with Crippen LogP contribution in [0.15, 0.2) is 82.8 Å². The maximum Gasteiger partial charge on any atom is 0.264 e. The van der Waals surface area contributed by atoms with Crippen LogP contribution in [0.1, 0.15) is 11.1 Å². The van der Waals surface area contributed by atoms with Gasteiger partial charge in [0.15, 0.2) is 5.17 Å². The number of hydrogen-bond donors (Lipinski definition) is 1. The number of carbonyl (C=O) groups excluding carboxylic acids is 1. The first-order chi connectivity index (χ1) is 16.5. The summed E-state index contributed by atoms with van der Waals surface area (Å²) < 4.78 is 7.30. The Morgan fingerprint density at radius 3 is 2.65 bits per heavy atom. The van der Waals surface area contributed by atoms with Crippen molar-refractivity contribution in [3.8, 4) is 5.75 Å². The predicted molar refractivity (Wildman–Crippen MR) is 141 cm³/mol. The lowest BCUT2D eigenvalue weighted by Crippen LogP contribution is -2.19. The summed E-state index contributed by atoms with van der Waals surface area (Å²) in [5, 5.41) is 5.66. The Bertz CT molecular complexity index is 1460. The summed E-state index contributed by atoms with van der Waals surface area (Å²) in [6, 6.07) is 20.9. The fourth-order valence-electron chi connectivity index (χ4n) is 3.75. The molecule has 1 aromatic heterocycles. The zero-order chi connectivity index (χ0) is 23.7. The second-order valence-electron chi connectivity index (χ2n) is 7.64. The van der Waals surface area contributed by atoms with E-state index in [2.05, 4.69) is 20.9 Å². The molecular weight excluding hydrogens is 489 g/mol. The SMILES string of the molecule is COc1ccc(N=C2NC(=O)/C(=C/c3cn(Cc4ccc(Cl)cc4Cl)c4ccccc34)S2)cc1. The van der Waals surface area contributed by atoms with Crippen molar-refractivity contribution in [2.75, 3.05) is 7.11 Å². The van der Waals surface area contributed by atoms with Gasteiger partial charge < -0.3 is 14.6 Å². The van der Waals surface area contributed by atoms with Gasteiger partial charge in [0, 0.05) is 39.3 Å². The molecule has 1 saturated heterocycles. The van der Waals surface area contributed by atoms with Gasteiger partial charge in [0.1, 0.15) is 5.75 Å². The molecule has 0 bridgehead atoms. The second kappa shape index (κ2) is 9.58. The van der Waals surface area contributed by atoms with Gasteiger partial charge in [-0.3, -0.25) is 4.79 Å². The van der Waals surface area contributed by atoms with Crippen molar-refractivity contribution in [2.24, 2.45) is 4.99 Å². The molecule has 1 aliphatic rings. The minimum atomic E-state index is -0.171. The number of ether oxygens (including phenoxy) is 1. The Hall–Kier alpha value is -3.19. The summed E-state index contributed by atoms with van der Waals surface area (Å²) in [5.41, 5.74) is 3.70. The number of methoxy groups -OCH3 is 1. The van der Waals surface area contributed by atoms with Crippen LogP contribution in [-0.4, -0.2) is 22.8 Å². The summed E-state index contributed by atoms with van der Waals surface area (Å²) in [4.78, 5) is 17.8. The van der Waals surface area contributed by atoms with Crippen molar-refractivity contribution in [1.29, 1.82) is 0 Å². The zero-order valence-corrected chi connectivity index (χ0v) is 20.4. The van der Waals surface area contributed by atoms with E-state index in [0.717, 1.165) is 33.5 Å². The van der Waals surface area contributed by atoms with Crippen molar-refractivity contribution < 1.29 is 9.53 Å². The number of nitrogens with zero attached hydrogens (tertiary/aromatic N) is 2. The number of thioether (sulfide) groups is 1. The van der Waals surface area contributed by atoms with Gasteiger partial charge in [-0.15, -0.1) is 0 Å². The third kappa shape index (κ3) is 4.71. The van der Waals surface area contributed by atoms with Crippen LogP contribution < -0.4 is 10.1 Å². The highest BCUT2D eigenvalue weighted by atomic mass is 35.5. The molecule has 0 unspecified atom stereocenters. The van der Waals surface area contributed by atoms with Crippen LogP contribution in [0.3, 0.4) is 0 Å². The summed E-state index contributed by atoms with van der Waals surface area (Å²) in [5.74, 6) is 0.582. The van der Waals surface area contributed by atoms with Crippen LogP contribution >= 0.6 is 35.0 Å². The van der Waals surface area contributed by atoms with Crippen molar-refractivity contribution in [3.05, 3.63) is 99.0 Å². The van der Waals surface area contributed by atoms with Gasteiger partial charge in [-0.25, -0.2) is 4.99 Å². The van der Waals surface area contributed by atoms with E-state index in [4.69, 9.17) is 27.9 Å². The molecule has 5 nitrogen and oxygen atoms in total. The third-order valence-corrected chi connectivity index (χ3v) is 6.91. The number of aromatic nitrogens is 1. The Kier molecular flexibility index (Phi) is 6.37. The van der Waals surface area contributed by atoms with E-state index in [9.17, 15) is 4.79 Å². The zero-order valence-electron chi connectivity index (χ0n) is 18.1. The Balaban J connectivity index is 1.45. The molecule has 2 heterocycles. The van der Waals surface area contributed by atoms with Gasteiger partial charge in [-0.05, 0) is 65.9 Å². The molecule has 0 aliphatic carbocycles. The number of halogens is 2. The van der Waals surface area contributed by atoms with Crippen LogP contribution in [-0.2, 0) is 11.3 Å². The Morgan fingerprint density at radius 1 is 1.09 bits per heavy atom. The minimum absolute atomic E-state index is 0.171. The predicted octanol–water partition coefficient (Wildman–Crippen LogP) is 6.90. The number of carbonyl (C=O) groups is 1. The first kappa shape index (κ1) is 22.6. The van der Waals surface area contributed by atoms with E-state index in [1.54, 1.807) is 13.2 Å². The lowest BCUT2D eigenvalue weighted by atomic mass is 10.1. The van der Waals surface area contributed by atoms with Crippen molar-refractivity contribution >= 4 is 68.7 Å². The number of amidine groups is 1. The summed E-state index contributed by atoms with van der Waals surface area (Å²) in [6.45, 7) is 0.587. The fraction of sp³-hybridized carbons (Fsp3) is 0.0769. The topological polar surface area (TPSA) is 55.6 Å². The summed E-state index contributed by atoms with van der Waals surface area (Å²) in [6.07, 6.45) is 3.94. The molecule has 1 amide bonds. The Morgan fingerprint density at radius 2 is 1.88 bits per heavy atom. The molecule has 1 aliphatic heterocycles. The molecule has 3 aromatic carbocycles. The lowest BCUT2D eigenvalue weighted by molar-refractivity contribution is -0.115. The van der Waals surface area contributed by atoms with Crippen LogP contribution in [0.4, 0.5) is 5.69 Å². The number of fused-ring (bicyclic) bond motifs is 1. The van der Waals surface area contributed by atoms with Gasteiger partial charge >= 0.3 is 0 Å². The molecule has 0 atom stereocenters. The van der Waals surface area contributed by atoms with Gasteiger partial charge in [0.25, 0.3) is 5.91 Å². The van der Waals surface area contributed by atoms with Crippen molar-refractivity contribution in [1.82, 2.24) is 9.88 Å². The standard InChI is InChI=1S/C26H19Cl2N3O2S/c1-33-20-10-8-19(9-11-20)29-26-30-25(32)24(34-26)12-17-15-31(23-5-3-2-4-21(17)23)14-16-6-7-18(27)13-22(16)28/h2-13,15H,14H2,1H3,(H,29,30,32)/b24-12-. The lowest BCUT2D eigenvalue weighted by Gasteiger charge is -2.08. The molecule has 8 heteroatoms. The first-order valence-electron chi connectivity index (χ1n) is 10.5. The fourth-order valence-corrected chi connectivity index (χ4v) is 5.05. The molecular formula is C26H19Cl2N3O2S. The normalized spacial score (nSPS) is 15.9. The van der Waals surface area contributed by atoms with Crippen LogP contribution in [0, 0.1) is 0 Å². The van der Waals surface area contributed by atoms with Gasteiger partial charge in [0.05, 0.1) is 17.7 Å². The molecule has 0 radical (unpaired) electrons. The molecule has 1 fully saturated rings. The van der Waals surface area contributed by atoms with Crippen LogP contribution in [0.5, 0.6) is 5.75 Å². The average molecular weight is 508 g/mol. The van der Waals surface area contributed by atoms with E-state index in [-0.39, 0.29) is 5.91 Å². The quantitative estimate of drug-likeness (QED) is 0.299. The number of amides is 1. The van der Waals surface area contributed by atoms with E-state index < -0.39 is 0 Å². The molecule has 34 heavy (non-hydrogen) atoms. The van der Waals surface area contributed by atoms with E-state index >= 15 is 0 Å². The van der Waals surface area contributed by atoms with Crippen molar-refractivity contribution in [2.45, 2.75) is 6.54 Å². The largest absolute Gasteiger partial charge is 0.497 e. The second-order valence-corrected chi connectivity index (χ2v) is 9.52. The van der Waals surface area contributed by atoms with Crippen LogP contribution in [0.25, 0.3) is 17.0 Å². The number of benzene rings is 3. The van der Waals surface area contributed by atoms with Gasteiger partial charge in [-0.2, -0.15) is 0 Å². The molecule has 1 N–H and O–H groups in total. The maximum absolute atomic E-state index is 12.7. The number of para-hydroxylation sites is 1. The Labute approximate surface area is 211 Å². The van der Waals surface area contributed by atoms with E-state index in [1.807, 2.05) is 66.9 Å². The maximum atomic E-state index is 12.7. The average Bonchev–Trinajstić information content (AvgIpc) is 3.36. The first-order valence-corrected chi connectivity index (χ1v) is 12.0. The number of rotatable bonds is 5. The molecule has 170 valence electrons. The van der Waals surface area contributed by atoms with Gasteiger partial charge in [0.2, 0.25) is 0 Å². The van der Waals surface area contributed by atoms with E-state index in [1.165, 1.54) is 11.8 Å². The highest BCUT2D eigenvalue weighted by Crippen LogP contribution is 2.32. The van der Waals surface area contributed by atoms with E-state index in [0.29, 0.717) is 26.7 Å². The molecule has 0 spiro atoms. The monoisotopic (exact) mass is 507 g/mol. The van der Waals surface area contributed by atoms with Crippen molar-refractivity contribution in [3.63, 3.8) is 0 Å². The number of aliphatic imine (C=N–C) groups is 1. The summed E-state index contributed by atoms with van der Waals surface area (Å²) >= 11 is 13.8. The highest BCUT2D eigenvalue weighted by molar-refractivity contribution is 8.18. The molecule has 5 rings (SSSR count). The number of hydrogen-bond acceptors (Lipinski definition) is 4. The van der Waals surface area contributed by atoms with Crippen LogP contribution in [0.2, 0.25) is 10.0 Å². The number of nitrogens with one attached hydrogen (secondary N) is 1. The minimum Gasteiger partial charge on any atom is -0.497 e. The molecule has 4 aromatic rings. The highest BCUT2D eigenvalue weighted by Gasteiger charge is 2.24. The third-order valence-electron chi connectivity index (χ3n) is 5.42.